The molecule has 0 unspecified atom stereocenters. The van der Waals surface area contributed by atoms with E-state index in [-0.39, 0.29) is 15.7 Å². The van der Waals surface area contributed by atoms with Crippen molar-refractivity contribution in [3.8, 4) is 5.69 Å². The van der Waals surface area contributed by atoms with E-state index in [1.165, 1.54) is 22.0 Å². The quantitative estimate of drug-likeness (QED) is 0.526. The molecule has 0 spiro atoms. The van der Waals surface area contributed by atoms with Gasteiger partial charge in [0.1, 0.15) is 15.7 Å². The Hall–Kier alpha value is -2.22. The van der Waals surface area contributed by atoms with Crippen LogP contribution in [0.1, 0.15) is 0 Å². The SMILES string of the molecule is O=c1[nH]c(=O)n(-c2ccc3ncsc3c2)c2cc(Cl)nc(Cl)c12. The number of H-pyrrole nitrogens is 1. The molecule has 0 aliphatic heterocycles. The Balaban J connectivity index is 2.18. The zero-order valence-corrected chi connectivity index (χ0v) is 13.5. The van der Waals surface area contributed by atoms with Crippen molar-refractivity contribution in [1.29, 1.82) is 0 Å². The predicted octanol–water partition coefficient (Wildman–Crippen LogP) is 2.99. The molecule has 3 aromatic heterocycles. The number of rotatable bonds is 1. The molecule has 0 amide bonds. The first-order valence-electron chi connectivity index (χ1n) is 6.39. The highest BCUT2D eigenvalue weighted by molar-refractivity contribution is 7.16. The summed E-state index contributed by atoms with van der Waals surface area (Å²) in [5, 5.41) is 0.154. The molecule has 6 nitrogen and oxygen atoms in total. The summed E-state index contributed by atoms with van der Waals surface area (Å²) in [5.41, 5.74) is 2.25. The topological polar surface area (TPSA) is 80.6 Å². The highest BCUT2D eigenvalue weighted by atomic mass is 35.5. The minimum absolute atomic E-state index is 0.0543. The van der Waals surface area contributed by atoms with E-state index in [1.807, 2.05) is 6.07 Å². The van der Waals surface area contributed by atoms with Crippen molar-refractivity contribution in [1.82, 2.24) is 19.5 Å². The molecular weight excluding hydrogens is 359 g/mol. The van der Waals surface area contributed by atoms with Gasteiger partial charge in [0.2, 0.25) is 0 Å². The van der Waals surface area contributed by atoms with E-state index in [9.17, 15) is 9.59 Å². The first-order valence-corrected chi connectivity index (χ1v) is 8.03. The van der Waals surface area contributed by atoms with Crippen molar-refractivity contribution < 1.29 is 0 Å². The van der Waals surface area contributed by atoms with Crippen LogP contribution >= 0.6 is 34.5 Å². The van der Waals surface area contributed by atoms with Crippen molar-refractivity contribution in [2.24, 2.45) is 0 Å². The lowest BCUT2D eigenvalue weighted by Gasteiger charge is -2.10. The van der Waals surface area contributed by atoms with Crippen LogP contribution in [0.5, 0.6) is 0 Å². The monoisotopic (exact) mass is 364 g/mol. The van der Waals surface area contributed by atoms with Gasteiger partial charge in [-0.1, -0.05) is 23.2 Å². The van der Waals surface area contributed by atoms with E-state index in [0.29, 0.717) is 11.2 Å². The van der Waals surface area contributed by atoms with Crippen LogP contribution < -0.4 is 11.2 Å². The van der Waals surface area contributed by atoms with Crippen LogP contribution in [0.4, 0.5) is 0 Å². The van der Waals surface area contributed by atoms with Crippen LogP contribution in [0.25, 0.3) is 26.8 Å². The number of halogens is 2. The van der Waals surface area contributed by atoms with Gasteiger partial charge in [0.05, 0.1) is 26.9 Å². The molecule has 0 aliphatic rings. The Bertz CT molecular complexity index is 1200. The van der Waals surface area contributed by atoms with Crippen LogP contribution in [-0.2, 0) is 0 Å². The molecule has 114 valence electrons. The summed E-state index contributed by atoms with van der Waals surface area (Å²) in [6.45, 7) is 0. The molecule has 3 heterocycles. The number of thiazole rings is 1. The highest BCUT2D eigenvalue weighted by Crippen LogP contribution is 2.25. The average Bonchev–Trinajstić information content (AvgIpc) is 2.93. The number of aromatic nitrogens is 4. The molecular formula is C14H6Cl2N4O2S. The number of aromatic amines is 1. The summed E-state index contributed by atoms with van der Waals surface area (Å²) in [7, 11) is 0. The second kappa shape index (κ2) is 5.16. The lowest BCUT2D eigenvalue weighted by molar-refractivity contribution is 0.942. The summed E-state index contributed by atoms with van der Waals surface area (Å²) >= 11 is 13.4. The molecule has 9 heteroatoms. The molecule has 0 saturated heterocycles. The predicted molar refractivity (Wildman–Crippen MR) is 91.2 cm³/mol. The molecule has 0 fully saturated rings. The van der Waals surface area contributed by atoms with Crippen LogP contribution in [0.3, 0.4) is 0 Å². The Morgan fingerprint density at radius 3 is 2.83 bits per heavy atom. The maximum absolute atomic E-state index is 12.3. The van der Waals surface area contributed by atoms with E-state index < -0.39 is 11.2 Å². The summed E-state index contributed by atoms with van der Waals surface area (Å²) in [6.07, 6.45) is 0. The minimum atomic E-state index is -0.603. The molecule has 23 heavy (non-hydrogen) atoms. The number of fused-ring (bicyclic) bond motifs is 2. The van der Waals surface area contributed by atoms with Gasteiger partial charge in [-0.15, -0.1) is 11.3 Å². The lowest BCUT2D eigenvalue weighted by Crippen LogP contribution is -2.29. The number of nitrogens with zero attached hydrogens (tertiary/aromatic N) is 3. The van der Waals surface area contributed by atoms with Gasteiger partial charge in [0.25, 0.3) is 5.56 Å². The zero-order chi connectivity index (χ0) is 16.1. The molecule has 0 bridgehead atoms. The van der Waals surface area contributed by atoms with E-state index in [2.05, 4.69) is 15.0 Å². The normalized spacial score (nSPS) is 11.4. The zero-order valence-electron chi connectivity index (χ0n) is 11.2. The van der Waals surface area contributed by atoms with Crippen molar-refractivity contribution in [3.63, 3.8) is 0 Å². The van der Waals surface area contributed by atoms with Crippen molar-refractivity contribution >= 4 is 55.7 Å². The molecule has 1 aromatic carbocycles. The number of benzene rings is 1. The minimum Gasteiger partial charge on any atom is -0.273 e. The standard InChI is InChI=1S/C14H6Cl2N4O2S/c15-10-4-8-11(12(16)18-10)13(21)19-14(22)20(8)6-1-2-7-9(3-6)23-5-17-7/h1-5H,(H,19,21,22). The van der Waals surface area contributed by atoms with Gasteiger partial charge in [-0.05, 0) is 18.2 Å². The molecule has 0 aliphatic carbocycles. The summed E-state index contributed by atoms with van der Waals surface area (Å²) in [4.78, 5) is 34.7. The molecule has 1 N–H and O–H groups in total. The fourth-order valence-electron chi connectivity index (χ4n) is 2.42. The Kier molecular flexibility index (Phi) is 3.22. The highest BCUT2D eigenvalue weighted by Gasteiger charge is 2.15. The van der Waals surface area contributed by atoms with Crippen molar-refractivity contribution in [2.45, 2.75) is 0 Å². The van der Waals surface area contributed by atoms with E-state index in [4.69, 9.17) is 23.2 Å². The molecule has 0 atom stereocenters. The number of hydrogen-bond acceptors (Lipinski definition) is 5. The Morgan fingerprint density at radius 1 is 1.17 bits per heavy atom. The van der Waals surface area contributed by atoms with Gasteiger partial charge >= 0.3 is 5.69 Å². The Morgan fingerprint density at radius 2 is 2.00 bits per heavy atom. The first-order chi connectivity index (χ1) is 11.0. The largest absolute Gasteiger partial charge is 0.333 e. The third kappa shape index (κ3) is 2.24. The number of hydrogen-bond donors (Lipinski definition) is 1. The second-order valence-corrected chi connectivity index (χ2v) is 6.36. The van der Waals surface area contributed by atoms with E-state index in [0.717, 1.165) is 10.2 Å². The number of pyridine rings is 1. The second-order valence-electron chi connectivity index (χ2n) is 4.73. The average molecular weight is 365 g/mol. The van der Waals surface area contributed by atoms with Crippen LogP contribution in [-0.4, -0.2) is 19.5 Å². The van der Waals surface area contributed by atoms with Gasteiger partial charge in [-0.3, -0.25) is 14.3 Å². The summed E-state index contributed by atoms with van der Waals surface area (Å²) in [5.74, 6) is 0. The van der Waals surface area contributed by atoms with Crippen molar-refractivity contribution in [3.05, 3.63) is 60.9 Å². The van der Waals surface area contributed by atoms with E-state index >= 15 is 0 Å². The molecule has 4 rings (SSSR count). The maximum atomic E-state index is 12.3. The fourth-order valence-corrected chi connectivity index (χ4v) is 3.64. The van der Waals surface area contributed by atoms with Crippen LogP contribution in [0.2, 0.25) is 10.3 Å². The van der Waals surface area contributed by atoms with Crippen molar-refractivity contribution in [2.75, 3.05) is 0 Å². The molecule has 0 saturated carbocycles. The summed E-state index contributed by atoms with van der Waals surface area (Å²) in [6, 6.07) is 6.79. The first kappa shape index (κ1) is 14.4. The summed E-state index contributed by atoms with van der Waals surface area (Å²) < 4.78 is 2.26. The third-order valence-corrected chi connectivity index (χ3v) is 4.65. The number of nitrogens with one attached hydrogen (secondary N) is 1. The van der Waals surface area contributed by atoms with E-state index in [1.54, 1.807) is 17.6 Å². The van der Waals surface area contributed by atoms with Gasteiger partial charge in [-0.2, -0.15) is 0 Å². The van der Waals surface area contributed by atoms with Gasteiger partial charge < -0.3 is 0 Å². The van der Waals surface area contributed by atoms with Crippen LogP contribution in [0, 0.1) is 0 Å². The molecule has 0 radical (unpaired) electrons. The Labute approximate surface area is 142 Å². The fraction of sp³-hybridized carbons (Fsp3) is 0. The van der Waals surface area contributed by atoms with Gasteiger partial charge in [-0.25, -0.2) is 14.8 Å². The molecule has 4 aromatic rings. The van der Waals surface area contributed by atoms with Gasteiger partial charge in [0, 0.05) is 6.07 Å². The van der Waals surface area contributed by atoms with Crippen LogP contribution in [0.15, 0.2) is 39.4 Å². The lowest BCUT2D eigenvalue weighted by atomic mass is 10.2. The smallest absolute Gasteiger partial charge is 0.273 e. The maximum Gasteiger partial charge on any atom is 0.333 e. The third-order valence-electron chi connectivity index (χ3n) is 3.39. The van der Waals surface area contributed by atoms with Gasteiger partial charge in [0.15, 0.2) is 0 Å².